The molecule has 1 aromatic carbocycles. The number of benzene rings is 1. The lowest BCUT2D eigenvalue weighted by atomic mass is 10.1. The molecular formula is C13H14N2O2. The van der Waals surface area contributed by atoms with Crippen molar-refractivity contribution in [2.45, 2.75) is 32.4 Å². The van der Waals surface area contributed by atoms with Crippen LogP contribution in [0.2, 0.25) is 0 Å². The van der Waals surface area contributed by atoms with Crippen LogP contribution in [0.15, 0.2) is 24.3 Å². The van der Waals surface area contributed by atoms with Crippen LogP contribution in [0, 0.1) is 11.3 Å². The quantitative estimate of drug-likeness (QED) is 0.780. The molecule has 1 aliphatic heterocycles. The number of nitriles is 1. The summed E-state index contributed by atoms with van der Waals surface area (Å²) in [6.07, 6.45) is 0.406. The first-order valence-corrected chi connectivity index (χ1v) is 5.49. The number of hydroxylamine groups is 2. The Labute approximate surface area is 100 Å². The molecule has 0 radical (unpaired) electrons. The highest BCUT2D eigenvalue weighted by Crippen LogP contribution is 2.27. The van der Waals surface area contributed by atoms with E-state index in [9.17, 15) is 4.79 Å². The van der Waals surface area contributed by atoms with Gasteiger partial charge in [0.05, 0.1) is 30.2 Å². The summed E-state index contributed by atoms with van der Waals surface area (Å²) < 4.78 is 0. The Morgan fingerprint density at radius 2 is 2.06 bits per heavy atom. The minimum atomic E-state index is -0.413. The molecule has 17 heavy (non-hydrogen) atoms. The Morgan fingerprint density at radius 1 is 1.41 bits per heavy atom. The molecule has 0 spiro atoms. The van der Waals surface area contributed by atoms with E-state index < -0.39 is 5.60 Å². The van der Waals surface area contributed by atoms with Gasteiger partial charge in [0, 0.05) is 0 Å². The smallest absolute Gasteiger partial charge is 0.249 e. The topological polar surface area (TPSA) is 53.3 Å². The van der Waals surface area contributed by atoms with Crippen LogP contribution in [-0.2, 0) is 16.2 Å². The van der Waals surface area contributed by atoms with Crippen molar-refractivity contribution >= 4 is 5.91 Å². The van der Waals surface area contributed by atoms with Crippen molar-refractivity contribution in [3.05, 3.63) is 35.4 Å². The maximum atomic E-state index is 11.7. The zero-order valence-electron chi connectivity index (χ0n) is 9.93. The van der Waals surface area contributed by atoms with Crippen LogP contribution in [0.4, 0.5) is 0 Å². The van der Waals surface area contributed by atoms with Crippen LogP contribution in [0.5, 0.6) is 0 Å². The van der Waals surface area contributed by atoms with Crippen molar-refractivity contribution < 1.29 is 9.63 Å². The molecule has 1 amide bonds. The Balaban J connectivity index is 2.06. The van der Waals surface area contributed by atoms with Gasteiger partial charge in [-0.15, -0.1) is 0 Å². The number of nitrogens with zero attached hydrogens (tertiary/aromatic N) is 2. The van der Waals surface area contributed by atoms with Crippen molar-refractivity contribution in [1.82, 2.24) is 5.06 Å². The average molecular weight is 230 g/mol. The second kappa shape index (κ2) is 4.19. The molecular weight excluding hydrogens is 216 g/mol. The van der Waals surface area contributed by atoms with E-state index in [0.29, 0.717) is 18.5 Å². The normalized spacial score (nSPS) is 18.2. The van der Waals surface area contributed by atoms with Gasteiger partial charge < -0.3 is 0 Å². The van der Waals surface area contributed by atoms with Crippen LogP contribution in [0.1, 0.15) is 31.4 Å². The lowest BCUT2D eigenvalue weighted by Gasteiger charge is -2.19. The molecule has 0 bridgehead atoms. The molecule has 0 unspecified atom stereocenters. The van der Waals surface area contributed by atoms with Crippen molar-refractivity contribution in [3.8, 4) is 6.07 Å². The molecule has 0 aromatic heterocycles. The van der Waals surface area contributed by atoms with Gasteiger partial charge in [0.25, 0.3) is 0 Å². The Bertz CT molecular complexity index is 471. The number of hydrogen-bond donors (Lipinski definition) is 0. The van der Waals surface area contributed by atoms with E-state index in [4.69, 9.17) is 10.1 Å². The molecule has 0 aliphatic carbocycles. The zero-order chi connectivity index (χ0) is 12.5. The lowest BCUT2D eigenvalue weighted by Crippen LogP contribution is -2.25. The van der Waals surface area contributed by atoms with Crippen LogP contribution in [0.3, 0.4) is 0 Å². The third kappa shape index (κ3) is 2.63. The minimum Gasteiger partial charge on any atom is -0.272 e. The molecule has 2 rings (SSSR count). The predicted molar refractivity (Wildman–Crippen MR) is 61.5 cm³/mol. The summed E-state index contributed by atoms with van der Waals surface area (Å²) in [6.45, 7) is 4.21. The molecule has 1 fully saturated rings. The van der Waals surface area contributed by atoms with Crippen molar-refractivity contribution in [2.24, 2.45) is 0 Å². The van der Waals surface area contributed by atoms with Gasteiger partial charge in [0.2, 0.25) is 5.91 Å². The Morgan fingerprint density at radius 3 is 2.53 bits per heavy atom. The molecule has 88 valence electrons. The maximum absolute atomic E-state index is 11.7. The highest BCUT2D eigenvalue weighted by Gasteiger charge is 2.37. The van der Waals surface area contributed by atoms with Crippen molar-refractivity contribution in [1.29, 1.82) is 5.26 Å². The Kier molecular flexibility index (Phi) is 2.86. The van der Waals surface area contributed by atoms with Gasteiger partial charge in [-0.2, -0.15) is 5.26 Å². The van der Waals surface area contributed by atoms with Gasteiger partial charge in [0.1, 0.15) is 0 Å². The van der Waals surface area contributed by atoms with E-state index >= 15 is 0 Å². The van der Waals surface area contributed by atoms with Gasteiger partial charge >= 0.3 is 0 Å². The summed E-state index contributed by atoms with van der Waals surface area (Å²) >= 11 is 0. The van der Waals surface area contributed by atoms with E-state index in [0.717, 1.165) is 5.56 Å². The van der Waals surface area contributed by atoms with E-state index in [1.165, 1.54) is 5.06 Å². The fraction of sp³-hybridized carbons (Fsp3) is 0.385. The summed E-state index contributed by atoms with van der Waals surface area (Å²) in [5.41, 5.74) is 1.15. The van der Waals surface area contributed by atoms with Gasteiger partial charge in [0.15, 0.2) is 0 Å². The van der Waals surface area contributed by atoms with Gasteiger partial charge in [-0.25, -0.2) is 5.06 Å². The lowest BCUT2D eigenvalue weighted by molar-refractivity contribution is -0.195. The molecule has 0 N–H and O–H groups in total. The largest absolute Gasteiger partial charge is 0.272 e. The first-order valence-electron chi connectivity index (χ1n) is 5.49. The number of carbonyl (C=O) groups excluding carboxylic acids is 1. The standard InChI is InChI=1S/C13H14N2O2/c1-13(2)7-12(16)15(17-13)9-11-5-3-10(8-14)4-6-11/h3-6H,7,9H2,1-2H3. The highest BCUT2D eigenvalue weighted by molar-refractivity contribution is 5.77. The fourth-order valence-corrected chi connectivity index (χ4v) is 1.80. The van der Waals surface area contributed by atoms with Crippen LogP contribution in [0.25, 0.3) is 0 Å². The number of carbonyl (C=O) groups is 1. The second-order valence-corrected chi connectivity index (χ2v) is 4.77. The third-order valence-corrected chi connectivity index (χ3v) is 2.62. The van der Waals surface area contributed by atoms with E-state index in [1.54, 1.807) is 12.1 Å². The minimum absolute atomic E-state index is 0.000593. The van der Waals surface area contributed by atoms with Crippen LogP contribution < -0.4 is 0 Å². The van der Waals surface area contributed by atoms with E-state index in [1.807, 2.05) is 26.0 Å². The van der Waals surface area contributed by atoms with E-state index in [2.05, 4.69) is 6.07 Å². The Hall–Kier alpha value is -1.86. The summed E-state index contributed by atoms with van der Waals surface area (Å²) in [6, 6.07) is 9.20. The van der Waals surface area contributed by atoms with Gasteiger partial charge in [-0.1, -0.05) is 12.1 Å². The molecule has 1 saturated heterocycles. The molecule has 1 aromatic rings. The average Bonchev–Trinajstić information content (AvgIpc) is 2.53. The third-order valence-electron chi connectivity index (χ3n) is 2.62. The molecule has 4 nitrogen and oxygen atoms in total. The van der Waals surface area contributed by atoms with Crippen molar-refractivity contribution in [2.75, 3.05) is 0 Å². The fourth-order valence-electron chi connectivity index (χ4n) is 1.80. The van der Waals surface area contributed by atoms with Crippen LogP contribution in [-0.4, -0.2) is 16.6 Å². The molecule has 1 heterocycles. The molecule has 0 atom stereocenters. The number of rotatable bonds is 2. The van der Waals surface area contributed by atoms with Gasteiger partial charge in [-0.05, 0) is 31.5 Å². The second-order valence-electron chi connectivity index (χ2n) is 4.77. The SMILES string of the molecule is CC1(C)CC(=O)N(Cc2ccc(C#N)cc2)O1. The van der Waals surface area contributed by atoms with Crippen molar-refractivity contribution in [3.63, 3.8) is 0 Å². The summed E-state index contributed by atoms with van der Waals surface area (Å²) in [4.78, 5) is 17.2. The maximum Gasteiger partial charge on any atom is 0.249 e. The number of hydrogen-bond acceptors (Lipinski definition) is 3. The monoisotopic (exact) mass is 230 g/mol. The molecule has 0 saturated carbocycles. The summed E-state index contributed by atoms with van der Waals surface area (Å²) in [5.74, 6) is -0.000593. The summed E-state index contributed by atoms with van der Waals surface area (Å²) in [7, 11) is 0. The predicted octanol–water partition coefficient (Wildman–Crippen LogP) is 2.00. The van der Waals surface area contributed by atoms with E-state index in [-0.39, 0.29) is 5.91 Å². The first-order chi connectivity index (χ1) is 8.00. The highest BCUT2D eigenvalue weighted by atomic mass is 16.7. The first kappa shape index (κ1) is 11.6. The molecule has 4 heteroatoms. The summed E-state index contributed by atoms with van der Waals surface area (Å²) in [5, 5.41) is 10.1. The number of amides is 1. The molecule has 1 aliphatic rings. The van der Waals surface area contributed by atoms with Crippen LogP contribution >= 0.6 is 0 Å². The van der Waals surface area contributed by atoms with Gasteiger partial charge in [-0.3, -0.25) is 9.63 Å². The zero-order valence-corrected chi connectivity index (χ0v) is 9.93.